The lowest BCUT2D eigenvalue weighted by molar-refractivity contribution is 0.0628. The number of hydrogen-bond acceptors (Lipinski definition) is 4. The number of urea groups is 1. The fourth-order valence-electron chi connectivity index (χ4n) is 3.45. The van der Waals surface area contributed by atoms with Gasteiger partial charge in [-0.25, -0.2) is 9.78 Å². The molecular weight excluding hydrogens is 306 g/mol. The highest BCUT2D eigenvalue weighted by molar-refractivity contribution is 5.94. The molecule has 4 rings (SSSR count). The minimum atomic E-state index is -0.113. The lowest BCUT2D eigenvalue weighted by atomic mass is 10.0. The van der Waals surface area contributed by atoms with E-state index in [4.69, 9.17) is 0 Å². The van der Waals surface area contributed by atoms with Gasteiger partial charge in [-0.15, -0.1) is 0 Å². The number of fused-ring (bicyclic) bond motifs is 1. The van der Waals surface area contributed by atoms with Gasteiger partial charge in [0.15, 0.2) is 0 Å². The Balaban J connectivity index is 1.53. The third-order valence-electron chi connectivity index (χ3n) is 4.68. The maximum Gasteiger partial charge on any atom is 0.317 e. The van der Waals surface area contributed by atoms with Gasteiger partial charge in [-0.1, -0.05) is 12.1 Å². The lowest BCUT2D eigenvalue weighted by Gasteiger charge is -2.36. The Morgan fingerprint density at radius 3 is 2.83 bits per heavy atom. The molecule has 0 bridgehead atoms. The summed E-state index contributed by atoms with van der Waals surface area (Å²) >= 11 is 0. The number of benzene rings is 1. The summed E-state index contributed by atoms with van der Waals surface area (Å²) in [5.41, 5.74) is 1.86. The molecule has 2 aliphatic heterocycles. The number of nitrogens with one attached hydrogen (secondary N) is 1. The van der Waals surface area contributed by atoms with E-state index in [-0.39, 0.29) is 18.0 Å². The molecule has 124 valence electrons. The second kappa shape index (κ2) is 6.07. The van der Waals surface area contributed by atoms with Crippen LogP contribution in [0.5, 0.6) is 0 Å². The summed E-state index contributed by atoms with van der Waals surface area (Å²) in [4.78, 5) is 37.0. The number of likely N-dealkylation sites (tertiary alicyclic amines) is 1. The molecule has 1 atom stereocenters. The van der Waals surface area contributed by atoms with Crippen LogP contribution in [0.2, 0.25) is 0 Å². The van der Waals surface area contributed by atoms with Gasteiger partial charge >= 0.3 is 6.03 Å². The van der Waals surface area contributed by atoms with Gasteiger partial charge in [-0.05, 0) is 25.0 Å². The third kappa shape index (κ3) is 2.66. The standard InChI is InChI=1S/C17H19N5O2/c23-16(15-10-19-13-5-1-2-6-14(13)20-15)21-8-3-4-12(11-21)22-9-7-18-17(22)24/h1-2,5-6,10,12H,3-4,7-9,11H2,(H,18,24). The molecule has 2 aliphatic rings. The zero-order chi connectivity index (χ0) is 16.5. The molecular formula is C17H19N5O2. The van der Waals surface area contributed by atoms with Crippen LogP contribution < -0.4 is 5.32 Å². The van der Waals surface area contributed by atoms with E-state index in [1.807, 2.05) is 29.2 Å². The van der Waals surface area contributed by atoms with Crippen LogP contribution in [0.1, 0.15) is 23.3 Å². The normalized spacial score (nSPS) is 21.2. The number of aromatic nitrogens is 2. The first-order valence-electron chi connectivity index (χ1n) is 8.28. The maximum absolute atomic E-state index is 12.8. The molecule has 7 nitrogen and oxygen atoms in total. The number of piperidine rings is 1. The molecule has 1 aromatic carbocycles. The first-order chi connectivity index (χ1) is 11.7. The second-order valence-electron chi connectivity index (χ2n) is 6.22. The van der Waals surface area contributed by atoms with E-state index in [0.29, 0.717) is 31.9 Å². The summed E-state index contributed by atoms with van der Waals surface area (Å²) in [7, 11) is 0. The zero-order valence-electron chi connectivity index (χ0n) is 13.3. The van der Waals surface area contributed by atoms with Gasteiger partial charge in [-0.3, -0.25) is 9.78 Å². The van der Waals surface area contributed by atoms with Crippen molar-refractivity contribution in [1.29, 1.82) is 0 Å². The number of carbonyl (C=O) groups excluding carboxylic acids is 2. The highest BCUT2D eigenvalue weighted by Gasteiger charge is 2.33. The predicted octanol–water partition coefficient (Wildman–Crippen LogP) is 1.26. The molecule has 2 saturated heterocycles. The number of carbonyl (C=O) groups is 2. The Kier molecular flexibility index (Phi) is 3.76. The number of nitrogens with zero attached hydrogens (tertiary/aromatic N) is 4. The minimum absolute atomic E-state index is 0.0280. The summed E-state index contributed by atoms with van der Waals surface area (Å²) in [6, 6.07) is 7.56. The average Bonchev–Trinajstić information content (AvgIpc) is 3.07. The SMILES string of the molecule is O=C(c1cnc2ccccc2n1)N1CCCC(N2CCNC2=O)C1. The van der Waals surface area contributed by atoms with Crippen LogP contribution >= 0.6 is 0 Å². The van der Waals surface area contributed by atoms with E-state index in [2.05, 4.69) is 15.3 Å². The van der Waals surface area contributed by atoms with Crippen LogP contribution in [0.25, 0.3) is 11.0 Å². The smallest absolute Gasteiger partial charge is 0.317 e. The Labute approximate surface area is 139 Å². The van der Waals surface area contributed by atoms with Crippen molar-refractivity contribution in [2.24, 2.45) is 0 Å². The van der Waals surface area contributed by atoms with E-state index in [1.165, 1.54) is 6.20 Å². The maximum atomic E-state index is 12.8. The lowest BCUT2D eigenvalue weighted by Crippen LogP contribution is -2.50. The molecule has 3 amide bonds. The van der Waals surface area contributed by atoms with Crippen LogP contribution in [-0.2, 0) is 0 Å². The number of rotatable bonds is 2. The quantitative estimate of drug-likeness (QED) is 0.901. The van der Waals surface area contributed by atoms with Crippen molar-refractivity contribution < 1.29 is 9.59 Å². The van der Waals surface area contributed by atoms with Gasteiger partial charge in [0.1, 0.15) is 5.69 Å². The van der Waals surface area contributed by atoms with Crippen molar-refractivity contribution in [3.63, 3.8) is 0 Å². The summed E-state index contributed by atoms with van der Waals surface area (Å²) in [6.45, 7) is 2.64. The Morgan fingerprint density at radius 2 is 2.04 bits per heavy atom. The summed E-state index contributed by atoms with van der Waals surface area (Å²) in [5, 5.41) is 2.82. The predicted molar refractivity (Wildman–Crippen MR) is 88.6 cm³/mol. The molecule has 0 saturated carbocycles. The summed E-state index contributed by atoms with van der Waals surface area (Å²) in [6.07, 6.45) is 3.36. The van der Waals surface area contributed by atoms with Crippen LogP contribution in [0.4, 0.5) is 4.79 Å². The van der Waals surface area contributed by atoms with Crippen molar-refractivity contribution in [1.82, 2.24) is 25.1 Å². The third-order valence-corrected chi connectivity index (χ3v) is 4.68. The van der Waals surface area contributed by atoms with Crippen LogP contribution in [0.3, 0.4) is 0 Å². The largest absolute Gasteiger partial charge is 0.336 e. The van der Waals surface area contributed by atoms with E-state index in [0.717, 1.165) is 23.9 Å². The molecule has 1 aromatic heterocycles. The monoisotopic (exact) mass is 325 g/mol. The molecule has 7 heteroatoms. The van der Waals surface area contributed by atoms with Crippen molar-refractivity contribution in [2.75, 3.05) is 26.2 Å². The number of para-hydroxylation sites is 2. The highest BCUT2D eigenvalue weighted by atomic mass is 16.2. The topological polar surface area (TPSA) is 78.4 Å². The van der Waals surface area contributed by atoms with Gasteiger partial charge in [-0.2, -0.15) is 0 Å². The molecule has 3 heterocycles. The van der Waals surface area contributed by atoms with E-state index in [1.54, 1.807) is 4.90 Å². The van der Waals surface area contributed by atoms with Crippen LogP contribution in [0, 0.1) is 0 Å². The molecule has 2 fully saturated rings. The highest BCUT2D eigenvalue weighted by Crippen LogP contribution is 2.19. The molecule has 0 aliphatic carbocycles. The van der Waals surface area contributed by atoms with Gasteiger partial charge in [0.05, 0.1) is 23.3 Å². The molecule has 2 aromatic rings. The van der Waals surface area contributed by atoms with Gasteiger partial charge < -0.3 is 15.1 Å². The number of amides is 3. The molecule has 1 N–H and O–H groups in total. The number of hydrogen-bond donors (Lipinski definition) is 1. The van der Waals surface area contributed by atoms with Gasteiger partial charge in [0, 0.05) is 26.2 Å². The minimum Gasteiger partial charge on any atom is -0.336 e. The Hall–Kier alpha value is -2.70. The summed E-state index contributed by atoms with van der Waals surface area (Å²) < 4.78 is 0. The fraction of sp³-hybridized carbons (Fsp3) is 0.412. The van der Waals surface area contributed by atoms with Crippen LogP contribution in [0.15, 0.2) is 30.5 Å². The average molecular weight is 325 g/mol. The van der Waals surface area contributed by atoms with E-state index < -0.39 is 0 Å². The second-order valence-corrected chi connectivity index (χ2v) is 6.22. The summed E-state index contributed by atoms with van der Waals surface area (Å²) in [5.74, 6) is -0.113. The zero-order valence-corrected chi connectivity index (χ0v) is 13.3. The first-order valence-corrected chi connectivity index (χ1v) is 8.28. The van der Waals surface area contributed by atoms with E-state index >= 15 is 0 Å². The van der Waals surface area contributed by atoms with Crippen molar-refractivity contribution >= 4 is 23.0 Å². The van der Waals surface area contributed by atoms with E-state index in [9.17, 15) is 9.59 Å². The molecule has 0 radical (unpaired) electrons. The molecule has 0 spiro atoms. The van der Waals surface area contributed by atoms with Crippen LogP contribution in [-0.4, -0.2) is 63.9 Å². The first kappa shape index (κ1) is 14.9. The fourth-order valence-corrected chi connectivity index (χ4v) is 3.45. The van der Waals surface area contributed by atoms with Crippen molar-refractivity contribution in [3.05, 3.63) is 36.2 Å². The molecule has 24 heavy (non-hydrogen) atoms. The Bertz CT molecular complexity index is 793. The molecule has 1 unspecified atom stereocenters. The van der Waals surface area contributed by atoms with Gasteiger partial charge in [0.25, 0.3) is 5.91 Å². The van der Waals surface area contributed by atoms with Gasteiger partial charge in [0.2, 0.25) is 0 Å². The van der Waals surface area contributed by atoms with Crippen molar-refractivity contribution in [3.8, 4) is 0 Å². The van der Waals surface area contributed by atoms with Crippen molar-refractivity contribution in [2.45, 2.75) is 18.9 Å². The Morgan fingerprint density at radius 1 is 1.21 bits per heavy atom.